The molecule has 0 saturated carbocycles. The summed E-state index contributed by atoms with van der Waals surface area (Å²) >= 11 is 5.89. The Bertz CT molecular complexity index is 346. The van der Waals surface area contributed by atoms with Gasteiger partial charge in [-0.15, -0.1) is 0 Å². The van der Waals surface area contributed by atoms with E-state index in [2.05, 4.69) is 10.4 Å². The Kier molecular flexibility index (Phi) is 4.15. The highest BCUT2D eigenvalue weighted by atomic mass is 35.5. The third kappa shape index (κ3) is 3.23. The number of halogens is 1. The molecular formula is C10H16ClN3O. The van der Waals surface area contributed by atoms with Gasteiger partial charge in [-0.05, 0) is 12.8 Å². The maximum atomic E-state index is 11.6. The fourth-order valence-electron chi connectivity index (χ4n) is 1.09. The highest BCUT2D eigenvalue weighted by molar-refractivity contribution is 6.33. The number of carbonyl (C=O) groups excluding carboxylic acids is 1. The molecule has 0 bridgehead atoms. The molecule has 1 amide bonds. The molecule has 0 unspecified atom stereocenters. The van der Waals surface area contributed by atoms with Crippen molar-refractivity contribution in [3.63, 3.8) is 0 Å². The summed E-state index contributed by atoms with van der Waals surface area (Å²) in [6, 6.07) is 0. The zero-order chi connectivity index (χ0) is 11.4. The molecule has 0 radical (unpaired) electrons. The number of nitrogens with one attached hydrogen (secondary N) is 1. The van der Waals surface area contributed by atoms with Gasteiger partial charge in [-0.3, -0.25) is 9.48 Å². The summed E-state index contributed by atoms with van der Waals surface area (Å²) in [5, 5.41) is 7.26. The lowest BCUT2D eigenvalue weighted by Gasteiger charge is -2.05. The van der Waals surface area contributed by atoms with E-state index in [9.17, 15) is 4.79 Å². The van der Waals surface area contributed by atoms with E-state index in [-0.39, 0.29) is 5.91 Å². The molecule has 1 heterocycles. The first-order chi connectivity index (χ1) is 7.04. The van der Waals surface area contributed by atoms with Gasteiger partial charge in [0.1, 0.15) is 0 Å². The SMILES string of the molecule is CCn1cc(Cl)c(C(=O)NCC(C)C)n1. The Hall–Kier alpha value is -1.03. The molecule has 0 atom stereocenters. The van der Waals surface area contributed by atoms with E-state index in [1.165, 1.54) is 0 Å². The Balaban J connectivity index is 2.68. The van der Waals surface area contributed by atoms with Gasteiger partial charge in [0.15, 0.2) is 5.69 Å². The second kappa shape index (κ2) is 5.16. The minimum absolute atomic E-state index is 0.207. The number of carbonyl (C=O) groups is 1. The molecule has 84 valence electrons. The lowest BCUT2D eigenvalue weighted by atomic mass is 10.2. The van der Waals surface area contributed by atoms with E-state index in [1.807, 2.05) is 20.8 Å². The molecule has 0 fully saturated rings. The van der Waals surface area contributed by atoms with Crippen LogP contribution in [0, 0.1) is 5.92 Å². The molecule has 1 rings (SSSR count). The van der Waals surface area contributed by atoms with Crippen LogP contribution in [0.5, 0.6) is 0 Å². The summed E-state index contributed by atoms with van der Waals surface area (Å²) < 4.78 is 1.65. The third-order valence-corrected chi connectivity index (χ3v) is 2.20. The van der Waals surface area contributed by atoms with Crippen LogP contribution in [0.15, 0.2) is 6.20 Å². The fourth-order valence-corrected chi connectivity index (χ4v) is 1.33. The normalized spacial score (nSPS) is 10.7. The van der Waals surface area contributed by atoms with Gasteiger partial charge < -0.3 is 5.32 Å². The third-order valence-electron chi connectivity index (χ3n) is 1.93. The Morgan fingerprint density at radius 2 is 2.33 bits per heavy atom. The summed E-state index contributed by atoms with van der Waals surface area (Å²) in [5.74, 6) is 0.210. The van der Waals surface area contributed by atoms with Crippen molar-refractivity contribution in [2.75, 3.05) is 6.54 Å². The Labute approximate surface area is 94.6 Å². The van der Waals surface area contributed by atoms with E-state index in [4.69, 9.17) is 11.6 Å². The summed E-state index contributed by atoms with van der Waals surface area (Å²) in [5.41, 5.74) is 0.305. The highest BCUT2D eigenvalue weighted by Crippen LogP contribution is 2.13. The van der Waals surface area contributed by atoms with Crippen LogP contribution in [-0.2, 0) is 6.54 Å². The van der Waals surface area contributed by atoms with Gasteiger partial charge in [-0.1, -0.05) is 25.4 Å². The van der Waals surface area contributed by atoms with Gasteiger partial charge in [0.25, 0.3) is 5.91 Å². The molecule has 5 heteroatoms. The molecular weight excluding hydrogens is 214 g/mol. The molecule has 1 N–H and O–H groups in total. The topological polar surface area (TPSA) is 46.9 Å². The van der Waals surface area contributed by atoms with Crippen LogP contribution in [0.25, 0.3) is 0 Å². The molecule has 0 saturated heterocycles. The van der Waals surface area contributed by atoms with Gasteiger partial charge in [0.05, 0.1) is 5.02 Å². The van der Waals surface area contributed by atoms with Crippen LogP contribution in [0.1, 0.15) is 31.3 Å². The Morgan fingerprint density at radius 3 is 2.80 bits per heavy atom. The lowest BCUT2D eigenvalue weighted by molar-refractivity contribution is 0.0943. The molecule has 15 heavy (non-hydrogen) atoms. The smallest absolute Gasteiger partial charge is 0.273 e. The summed E-state index contributed by atoms with van der Waals surface area (Å²) in [7, 11) is 0. The van der Waals surface area contributed by atoms with E-state index in [0.717, 1.165) is 0 Å². The average molecular weight is 230 g/mol. The number of aromatic nitrogens is 2. The number of nitrogens with zero attached hydrogens (tertiary/aromatic N) is 2. The maximum Gasteiger partial charge on any atom is 0.273 e. The van der Waals surface area contributed by atoms with Gasteiger partial charge in [-0.25, -0.2) is 0 Å². The first-order valence-electron chi connectivity index (χ1n) is 5.05. The molecule has 4 nitrogen and oxygen atoms in total. The van der Waals surface area contributed by atoms with Crippen molar-refractivity contribution in [3.8, 4) is 0 Å². The maximum absolute atomic E-state index is 11.6. The van der Waals surface area contributed by atoms with Crippen molar-refractivity contribution in [3.05, 3.63) is 16.9 Å². The molecule has 1 aromatic heterocycles. The zero-order valence-corrected chi connectivity index (χ0v) is 10.0. The van der Waals surface area contributed by atoms with Crippen molar-refractivity contribution < 1.29 is 4.79 Å². The fraction of sp³-hybridized carbons (Fsp3) is 0.600. The van der Waals surface area contributed by atoms with Gasteiger partial charge in [0.2, 0.25) is 0 Å². The predicted molar refractivity (Wildman–Crippen MR) is 60.1 cm³/mol. The standard InChI is InChI=1S/C10H16ClN3O/c1-4-14-6-8(11)9(13-14)10(15)12-5-7(2)3/h6-7H,4-5H2,1-3H3,(H,12,15). The van der Waals surface area contributed by atoms with E-state index >= 15 is 0 Å². The van der Waals surface area contributed by atoms with Crippen LogP contribution in [-0.4, -0.2) is 22.2 Å². The van der Waals surface area contributed by atoms with Crippen LogP contribution < -0.4 is 5.32 Å². The molecule has 0 aliphatic heterocycles. The monoisotopic (exact) mass is 229 g/mol. The summed E-state index contributed by atoms with van der Waals surface area (Å²) in [6.45, 7) is 7.35. The van der Waals surface area contributed by atoms with Gasteiger partial charge in [-0.2, -0.15) is 5.10 Å². The first-order valence-corrected chi connectivity index (χ1v) is 5.43. The number of hydrogen-bond acceptors (Lipinski definition) is 2. The first kappa shape index (κ1) is 12.0. The van der Waals surface area contributed by atoms with E-state index < -0.39 is 0 Å². The van der Waals surface area contributed by atoms with Crippen LogP contribution in [0.3, 0.4) is 0 Å². The largest absolute Gasteiger partial charge is 0.350 e. The molecule has 0 spiro atoms. The number of amides is 1. The number of hydrogen-bond donors (Lipinski definition) is 1. The van der Waals surface area contributed by atoms with Crippen LogP contribution >= 0.6 is 11.6 Å². The van der Waals surface area contributed by atoms with Crippen molar-refractivity contribution in [1.82, 2.24) is 15.1 Å². The quantitative estimate of drug-likeness (QED) is 0.858. The van der Waals surface area contributed by atoms with E-state index in [1.54, 1.807) is 10.9 Å². The summed E-state index contributed by atoms with van der Waals surface area (Å²) in [6.07, 6.45) is 1.66. The van der Waals surface area contributed by atoms with Gasteiger partial charge in [0, 0.05) is 19.3 Å². The van der Waals surface area contributed by atoms with Crippen molar-refractivity contribution >= 4 is 17.5 Å². The van der Waals surface area contributed by atoms with E-state index in [0.29, 0.717) is 29.7 Å². The predicted octanol–water partition coefficient (Wildman–Crippen LogP) is 1.94. The lowest BCUT2D eigenvalue weighted by Crippen LogP contribution is -2.28. The minimum atomic E-state index is -0.207. The second-order valence-electron chi connectivity index (χ2n) is 3.79. The number of rotatable bonds is 4. The Morgan fingerprint density at radius 1 is 1.67 bits per heavy atom. The summed E-state index contributed by atoms with van der Waals surface area (Å²) in [4.78, 5) is 11.6. The molecule has 0 aliphatic carbocycles. The minimum Gasteiger partial charge on any atom is -0.350 e. The molecule has 1 aromatic rings. The van der Waals surface area contributed by atoms with Crippen LogP contribution in [0.2, 0.25) is 5.02 Å². The zero-order valence-electron chi connectivity index (χ0n) is 9.25. The van der Waals surface area contributed by atoms with Crippen molar-refractivity contribution in [2.24, 2.45) is 5.92 Å². The highest BCUT2D eigenvalue weighted by Gasteiger charge is 2.14. The van der Waals surface area contributed by atoms with Crippen LogP contribution in [0.4, 0.5) is 0 Å². The second-order valence-corrected chi connectivity index (χ2v) is 4.19. The average Bonchev–Trinajstić information content (AvgIpc) is 2.56. The van der Waals surface area contributed by atoms with Crippen molar-refractivity contribution in [1.29, 1.82) is 0 Å². The van der Waals surface area contributed by atoms with Gasteiger partial charge >= 0.3 is 0 Å². The molecule has 0 aliphatic rings. The molecule has 0 aromatic carbocycles. The van der Waals surface area contributed by atoms with Crippen molar-refractivity contribution in [2.45, 2.75) is 27.3 Å². The number of aryl methyl sites for hydroxylation is 1.